The molecule has 3 rings (SSSR count). The number of alkyl halides is 1. The number of hydrogen-bond donors (Lipinski definition) is 2. The summed E-state index contributed by atoms with van der Waals surface area (Å²) >= 11 is 0. The largest absolute Gasteiger partial charge is 0.481 e. The first-order valence-electron chi connectivity index (χ1n) is 7.90. The molecule has 2 aliphatic carbocycles. The number of hydrogen-bond acceptors (Lipinski definition) is 2. The third-order valence-electron chi connectivity index (χ3n) is 5.68. The first-order valence-corrected chi connectivity index (χ1v) is 7.90. The number of nitrogens with one attached hydrogen (secondary N) is 1. The molecule has 2 atom stereocenters. The van der Waals surface area contributed by atoms with Crippen LogP contribution in [0.1, 0.15) is 44.9 Å². The Labute approximate surface area is 123 Å². The second-order valence-corrected chi connectivity index (χ2v) is 6.92. The number of amides is 2. The fourth-order valence-corrected chi connectivity index (χ4v) is 4.11. The van der Waals surface area contributed by atoms with E-state index in [0.29, 0.717) is 45.3 Å². The number of rotatable bonds is 4. The first-order chi connectivity index (χ1) is 9.95. The zero-order valence-electron chi connectivity index (χ0n) is 12.2. The number of likely N-dealkylation sites (tertiary alicyclic amines) is 1. The Morgan fingerprint density at radius 2 is 2.05 bits per heavy atom. The van der Waals surface area contributed by atoms with Crippen LogP contribution in [0.3, 0.4) is 0 Å². The standard InChI is InChI=1S/C15H23FN2O3/c16-14(4-2-5-14)7-8-17-13(21)18-9-11-3-1-6-15(11,10-18)12(19)20/h11H,1-10H2,(H,17,21)(H,19,20)/t11-,15+/m0/s1. The van der Waals surface area contributed by atoms with E-state index in [1.165, 1.54) is 0 Å². The van der Waals surface area contributed by atoms with Crippen molar-refractivity contribution in [2.24, 2.45) is 11.3 Å². The molecule has 1 heterocycles. The molecular formula is C15H23FN2O3. The highest BCUT2D eigenvalue weighted by atomic mass is 19.1. The van der Waals surface area contributed by atoms with Crippen LogP contribution < -0.4 is 5.32 Å². The van der Waals surface area contributed by atoms with E-state index in [0.717, 1.165) is 19.3 Å². The van der Waals surface area contributed by atoms with Gasteiger partial charge < -0.3 is 15.3 Å². The van der Waals surface area contributed by atoms with Crippen LogP contribution >= 0.6 is 0 Å². The minimum Gasteiger partial charge on any atom is -0.481 e. The summed E-state index contributed by atoms with van der Waals surface area (Å²) in [6, 6.07) is -0.243. The number of fused-ring (bicyclic) bond motifs is 1. The molecule has 3 fully saturated rings. The molecule has 0 bridgehead atoms. The summed E-state index contributed by atoms with van der Waals surface area (Å²) in [6.45, 7) is 1.13. The number of halogens is 1. The lowest BCUT2D eigenvalue weighted by Gasteiger charge is -2.34. The predicted octanol–water partition coefficient (Wildman–Crippen LogP) is 2.17. The Kier molecular flexibility index (Phi) is 3.58. The van der Waals surface area contributed by atoms with Crippen molar-refractivity contribution in [3.8, 4) is 0 Å². The van der Waals surface area contributed by atoms with Gasteiger partial charge in [-0.05, 0) is 44.4 Å². The summed E-state index contributed by atoms with van der Waals surface area (Å²) < 4.78 is 13.8. The number of nitrogens with zero attached hydrogens (tertiary/aromatic N) is 1. The summed E-state index contributed by atoms with van der Waals surface area (Å²) in [7, 11) is 0. The molecule has 3 aliphatic rings. The van der Waals surface area contributed by atoms with Crippen molar-refractivity contribution in [3.05, 3.63) is 0 Å². The van der Waals surface area contributed by atoms with E-state index in [4.69, 9.17) is 0 Å². The van der Waals surface area contributed by atoms with E-state index < -0.39 is 17.1 Å². The molecule has 118 valence electrons. The Morgan fingerprint density at radius 1 is 1.29 bits per heavy atom. The normalized spacial score (nSPS) is 33.4. The molecule has 0 aromatic rings. The molecular weight excluding hydrogens is 275 g/mol. The van der Waals surface area contributed by atoms with Gasteiger partial charge in [0.1, 0.15) is 5.67 Å². The minimum atomic E-state index is -1.09. The van der Waals surface area contributed by atoms with Gasteiger partial charge in [0.2, 0.25) is 0 Å². The summed E-state index contributed by atoms with van der Waals surface area (Å²) in [5.41, 5.74) is -1.83. The molecule has 2 N–H and O–H groups in total. The number of carbonyl (C=O) groups excluding carboxylic acids is 1. The lowest BCUT2D eigenvalue weighted by Crippen LogP contribution is -2.43. The molecule has 1 saturated heterocycles. The van der Waals surface area contributed by atoms with Gasteiger partial charge in [-0.1, -0.05) is 6.42 Å². The Morgan fingerprint density at radius 3 is 2.62 bits per heavy atom. The van der Waals surface area contributed by atoms with E-state index in [9.17, 15) is 19.1 Å². The van der Waals surface area contributed by atoms with E-state index in [2.05, 4.69) is 5.32 Å². The van der Waals surface area contributed by atoms with Crippen LogP contribution in [0, 0.1) is 11.3 Å². The van der Waals surface area contributed by atoms with Crippen molar-refractivity contribution >= 4 is 12.0 Å². The molecule has 2 amide bonds. The van der Waals surface area contributed by atoms with Crippen LogP contribution in [-0.2, 0) is 4.79 Å². The quantitative estimate of drug-likeness (QED) is 0.835. The molecule has 0 spiro atoms. The maximum atomic E-state index is 13.8. The molecule has 0 unspecified atom stereocenters. The highest BCUT2D eigenvalue weighted by molar-refractivity contribution is 5.80. The first kappa shape index (κ1) is 14.6. The van der Waals surface area contributed by atoms with Gasteiger partial charge in [-0.3, -0.25) is 4.79 Å². The molecule has 0 aromatic carbocycles. The number of aliphatic carboxylic acids is 1. The highest BCUT2D eigenvalue weighted by Gasteiger charge is 2.55. The van der Waals surface area contributed by atoms with Gasteiger partial charge in [0.15, 0.2) is 0 Å². The number of carboxylic acid groups (broad SMARTS) is 1. The highest BCUT2D eigenvalue weighted by Crippen LogP contribution is 2.48. The van der Waals surface area contributed by atoms with Crippen molar-refractivity contribution in [1.82, 2.24) is 10.2 Å². The Hall–Kier alpha value is -1.33. The summed E-state index contributed by atoms with van der Waals surface area (Å²) in [5, 5.41) is 12.2. The topological polar surface area (TPSA) is 69.6 Å². The molecule has 6 heteroatoms. The van der Waals surface area contributed by atoms with Gasteiger partial charge in [-0.2, -0.15) is 0 Å². The molecule has 2 saturated carbocycles. The van der Waals surface area contributed by atoms with Gasteiger partial charge in [0.05, 0.1) is 5.41 Å². The zero-order chi connectivity index (χ0) is 15.1. The van der Waals surface area contributed by atoms with Crippen molar-refractivity contribution in [1.29, 1.82) is 0 Å². The van der Waals surface area contributed by atoms with Crippen molar-refractivity contribution in [3.63, 3.8) is 0 Å². The van der Waals surface area contributed by atoms with E-state index >= 15 is 0 Å². The van der Waals surface area contributed by atoms with Crippen LogP contribution in [0.5, 0.6) is 0 Å². The Bertz CT molecular complexity index is 452. The molecule has 5 nitrogen and oxygen atoms in total. The van der Waals surface area contributed by atoms with E-state index in [1.807, 2.05) is 0 Å². The number of carboxylic acids is 1. The van der Waals surface area contributed by atoms with Crippen molar-refractivity contribution in [2.75, 3.05) is 19.6 Å². The van der Waals surface area contributed by atoms with Crippen LogP contribution in [0.2, 0.25) is 0 Å². The van der Waals surface area contributed by atoms with Gasteiger partial charge >= 0.3 is 12.0 Å². The Balaban J connectivity index is 1.51. The maximum Gasteiger partial charge on any atom is 0.317 e. The number of carbonyl (C=O) groups is 2. The summed E-state index contributed by atoms with van der Waals surface area (Å²) in [4.78, 5) is 25.3. The fraction of sp³-hybridized carbons (Fsp3) is 0.867. The van der Waals surface area contributed by atoms with Gasteiger partial charge in [0, 0.05) is 19.6 Å². The second kappa shape index (κ2) is 5.14. The molecule has 1 aliphatic heterocycles. The predicted molar refractivity (Wildman–Crippen MR) is 74.7 cm³/mol. The summed E-state index contributed by atoms with van der Waals surface area (Å²) in [6.07, 6.45) is 4.94. The van der Waals surface area contributed by atoms with Gasteiger partial charge in [0.25, 0.3) is 0 Å². The average Bonchev–Trinajstić information content (AvgIpc) is 2.93. The van der Waals surface area contributed by atoms with Crippen molar-refractivity contribution in [2.45, 2.75) is 50.6 Å². The lowest BCUT2D eigenvalue weighted by molar-refractivity contribution is -0.149. The van der Waals surface area contributed by atoms with Crippen LogP contribution in [0.15, 0.2) is 0 Å². The average molecular weight is 298 g/mol. The monoisotopic (exact) mass is 298 g/mol. The SMILES string of the molecule is O=C(NCCC1(F)CCC1)N1C[C@@H]2CCC[C@@]2(C(=O)O)C1. The summed E-state index contributed by atoms with van der Waals surface area (Å²) in [5.74, 6) is -0.711. The van der Waals surface area contributed by atoms with Crippen LogP contribution in [0.4, 0.5) is 9.18 Å². The molecule has 0 aromatic heterocycles. The third kappa shape index (κ3) is 2.49. The van der Waals surface area contributed by atoms with E-state index in [1.54, 1.807) is 4.90 Å². The molecule has 0 radical (unpaired) electrons. The number of urea groups is 1. The second-order valence-electron chi connectivity index (χ2n) is 6.92. The molecule has 21 heavy (non-hydrogen) atoms. The van der Waals surface area contributed by atoms with E-state index in [-0.39, 0.29) is 11.9 Å². The van der Waals surface area contributed by atoms with Gasteiger partial charge in [-0.25, -0.2) is 9.18 Å². The zero-order valence-corrected chi connectivity index (χ0v) is 12.2. The maximum absolute atomic E-state index is 13.8. The third-order valence-corrected chi connectivity index (χ3v) is 5.68. The minimum absolute atomic E-state index is 0.0694. The lowest BCUT2D eigenvalue weighted by atomic mass is 9.80. The van der Waals surface area contributed by atoms with Crippen LogP contribution in [0.25, 0.3) is 0 Å². The van der Waals surface area contributed by atoms with Crippen LogP contribution in [-0.4, -0.2) is 47.3 Å². The van der Waals surface area contributed by atoms with Gasteiger partial charge in [-0.15, -0.1) is 0 Å². The van der Waals surface area contributed by atoms with Crippen molar-refractivity contribution < 1.29 is 19.1 Å². The fourth-order valence-electron chi connectivity index (χ4n) is 4.11. The smallest absolute Gasteiger partial charge is 0.317 e.